The molecule has 3 rings (SSSR count). The topological polar surface area (TPSA) is 142 Å². The number of carbonyl (C=O) groups is 5. The molecule has 3 N–H and O–H groups in total. The Morgan fingerprint density at radius 3 is 2.26 bits per heavy atom. The van der Waals surface area contributed by atoms with Crippen molar-refractivity contribution in [3.8, 4) is 5.75 Å². The number of carboxylic acid groups (broad SMARTS) is 1. The lowest BCUT2D eigenvalue weighted by Gasteiger charge is -2.23. The van der Waals surface area contributed by atoms with Gasteiger partial charge in [0.25, 0.3) is 0 Å². The van der Waals surface area contributed by atoms with E-state index in [0.29, 0.717) is 5.69 Å². The summed E-state index contributed by atoms with van der Waals surface area (Å²) in [4.78, 5) is 63.3. The van der Waals surface area contributed by atoms with Gasteiger partial charge < -0.3 is 25.4 Å². The molecule has 0 aromatic heterocycles. The van der Waals surface area contributed by atoms with Gasteiger partial charge >= 0.3 is 17.8 Å². The molecular weight excluding hydrogens is 566 g/mol. The van der Waals surface area contributed by atoms with E-state index in [1.54, 1.807) is 18.2 Å². The van der Waals surface area contributed by atoms with Crippen molar-refractivity contribution in [3.05, 3.63) is 59.2 Å². The Balaban J connectivity index is 1.62. The van der Waals surface area contributed by atoms with Gasteiger partial charge in [-0.2, -0.15) is 8.78 Å². The number of hydrogen-bond acceptors (Lipinski definition) is 6. The largest absolute Gasteiger partial charge is 0.481 e. The summed E-state index contributed by atoms with van der Waals surface area (Å²) in [6.07, 6.45) is -0.853. The van der Waals surface area contributed by atoms with Crippen LogP contribution in [-0.4, -0.2) is 65.2 Å². The van der Waals surface area contributed by atoms with Crippen LogP contribution in [0.1, 0.15) is 39.2 Å². The van der Waals surface area contributed by atoms with Crippen LogP contribution in [0.3, 0.4) is 0 Å². The number of para-hydroxylation sites is 1. The van der Waals surface area contributed by atoms with Gasteiger partial charge in [-0.05, 0) is 23.5 Å². The molecule has 2 atom stereocenters. The van der Waals surface area contributed by atoms with Crippen molar-refractivity contribution in [3.63, 3.8) is 0 Å². The second-order valence-corrected chi connectivity index (χ2v) is 10.7. The van der Waals surface area contributed by atoms with E-state index >= 15 is 0 Å². The molecule has 1 aliphatic heterocycles. The molecule has 42 heavy (non-hydrogen) atoms. The first-order valence-corrected chi connectivity index (χ1v) is 12.8. The molecule has 3 amide bonds. The summed E-state index contributed by atoms with van der Waals surface area (Å²) in [5.41, 5.74) is 0.930. The number of halogens is 4. The fraction of sp³-hybridized carbons (Fsp3) is 0.393. The highest BCUT2D eigenvalue weighted by molar-refractivity contribution is 6.39. The molecule has 1 unspecified atom stereocenters. The molecule has 10 nitrogen and oxygen atoms in total. The highest BCUT2D eigenvalue weighted by atomic mass is 19.2. The number of benzene rings is 2. The maximum Gasteiger partial charge on any atom is 0.313 e. The molecule has 1 heterocycles. The molecule has 14 heteroatoms. The molecule has 1 aliphatic rings. The van der Waals surface area contributed by atoms with Crippen LogP contribution in [0.5, 0.6) is 5.75 Å². The van der Waals surface area contributed by atoms with Crippen molar-refractivity contribution in [2.45, 2.75) is 45.1 Å². The van der Waals surface area contributed by atoms with Crippen LogP contribution in [0, 0.1) is 29.2 Å². The molecule has 1 saturated heterocycles. The van der Waals surface area contributed by atoms with Gasteiger partial charge in [0.2, 0.25) is 17.5 Å². The molecule has 1 fully saturated rings. The molecule has 0 bridgehead atoms. The molecule has 0 radical (unpaired) electrons. The van der Waals surface area contributed by atoms with E-state index < -0.39 is 83.5 Å². The van der Waals surface area contributed by atoms with Gasteiger partial charge in [0.05, 0.1) is 12.3 Å². The molecule has 0 saturated carbocycles. The number of nitrogens with one attached hydrogen (secondary N) is 2. The standard InChI is InChI=1S/C28H29F4N3O7/c1-28(2,3)15-6-4-5-7-18(15)33-26(40)27(41)35-9-8-14(12-35)25(39)34-19(11-21(37)38)20(36)13-42-24-22(31)16(29)10-17(30)23(24)32/h4-7,10,14,19H,8-9,11-13H2,1-3H3,(H,33,40)(H,34,39)(H,37,38)/t14?,19-/m0/s1. The van der Waals surface area contributed by atoms with Crippen LogP contribution in [-0.2, 0) is 29.4 Å². The van der Waals surface area contributed by atoms with E-state index in [1.165, 1.54) is 0 Å². The second kappa shape index (κ2) is 13.0. The minimum absolute atomic E-state index is 0.0234. The van der Waals surface area contributed by atoms with E-state index in [1.807, 2.05) is 26.8 Å². The summed E-state index contributed by atoms with van der Waals surface area (Å²) in [6.45, 7) is 4.42. The Kier molecular flexibility index (Phi) is 9.91. The normalized spacial score (nSPS) is 15.6. The number of ketones is 1. The highest BCUT2D eigenvalue weighted by Gasteiger charge is 2.36. The van der Waals surface area contributed by atoms with E-state index in [0.717, 1.165) is 10.5 Å². The summed E-state index contributed by atoms with van der Waals surface area (Å²) in [7, 11) is 0. The molecule has 2 aromatic carbocycles. The number of likely N-dealkylation sites (tertiary alicyclic amines) is 1. The quantitative estimate of drug-likeness (QED) is 0.230. The summed E-state index contributed by atoms with van der Waals surface area (Å²) >= 11 is 0. The lowest BCUT2D eigenvalue weighted by atomic mass is 9.86. The molecule has 0 spiro atoms. The number of nitrogens with zero attached hydrogens (tertiary/aromatic N) is 1. The Morgan fingerprint density at radius 2 is 1.67 bits per heavy atom. The molecular formula is C28H29F4N3O7. The van der Waals surface area contributed by atoms with Crippen molar-refractivity contribution >= 4 is 35.2 Å². The van der Waals surface area contributed by atoms with Crippen molar-refractivity contribution < 1.29 is 51.4 Å². The number of carbonyl (C=O) groups excluding carboxylic acids is 4. The summed E-state index contributed by atoms with van der Waals surface area (Å²) in [5.74, 6) is -15.1. The smallest absolute Gasteiger partial charge is 0.313 e. The highest BCUT2D eigenvalue weighted by Crippen LogP contribution is 2.30. The zero-order valence-corrected chi connectivity index (χ0v) is 22.9. The van der Waals surface area contributed by atoms with Gasteiger partial charge in [0, 0.05) is 24.8 Å². The number of carboxylic acids is 1. The SMILES string of the molecule is CC(C)(C)c1ccccc1NC(=O)C(=O)N1CCC(C(=O)N[C@@H](CC(=O)O)C(=O)COc2c(F)c(F)cc(F)c2F)C1. The van der Waals surface area contributed by atoms with Crippen LogP contribution < -0.4 is 15.4 Å². The maximum atomic E-state index is 13.8. The Bertz CT molecular complexity index is 1380. The monoisotopic (exact) mass is 595 g/mol. The minimum Gasteiger partial charge on any atom is -0.481 e. The van der Waals surface area contributed by atoms with Crippen LogP contribution in [0.4, 0.5) is 23.2 Å². The molecule has 0 aliphatic carbocycles. The average molecular weight is 596 g/mol. The van der Waals surface area contributed by atoms with Crippen molar-refractivity contribution in [1.82, 2.24) is 10.2 Å². The number of hydrogen-bond donors (Lipinski definition) is 3. The number of rotatable bonds is 9. The Labute approximate surface area is 238 Å². The van der Waals surface area contributed by atoms with Crippen LogP contribution in [0.15, 0.2) is 30.3 Å². The predicted octanol–water partition coefficient (Wildman–Crippen LogP) is 2.94. The van der Waals surface area contributed by atoms with Crippen LogP contribution >= 0.6 is 0 Å². The second-order valence-electron chi connectivity index (χ2n) is 10.7. The number of anilines is 1. The number of aliphatic carboxylic acids is 1. The third kappa shape index (κ3) is 7.62. The first-order valence-electron chi connectivity index (χ1n) is 12.8. The Hall–Kier alpha value is -4.49. The Morgan fingerprint density at radius 1 is 1.05 bits per heavy atom. The summed E-state index contributed by atoms with van der Waals surface area (Å²) < 4.78 is 59.0. The van der Waals surface area contributed by atoms with Crippen molar-refractivity contribution in [2.24, 2.45) is 5.92 Å². The number of Topliss-reactive ketones (excluding diaryl/α,β-unsaturated/α-hetero) is 1. The minimum atomic E-state index is -1.90. The van der Waals surface area contributed by atoms with Crippen molar-refractivity contribution in [1.29, 1.82) is 0 Å². The van der Waals surface area contributed by atoms with Gasteiger partial charge in [0.15, 0.2) is 23.2 Å². The van der Waals surface area contributed by atoms with Gasteiger partial charge in [0.1, 0.15) is 12.6 Å². The van der Waals surface area contributed by atoms with E-state index in [2.05, 4.69) is 15.4 Å². The third-order valence-electron chi connectivity index (χ3n) is 6.54. The predicted molar refractivity (Wildman–Crippen MR) is 139 cm³/mol. The molecule has 226 valence electrons. The first-order chi connectivity index (χ1) is 19.6. The summed E-state index contributed by atoms with van der Waals surface area (Å²) in [5, 5.41) is 14.0. The van der Waals surface area contributed by atoms with Gasteiger partial charge in [-0.15, -0.1) is 0 Å². The zero-order chi connectivity index (χ0) is 31.4. The third-order valence-corrected chi connectivity index (χ3v) is 6.54. The van der Waals surface area contributed by atoms with E-state index in [9.17, 15) is 41.5 Å². The fourth-order valence-corrected chi connectivity index (χ4v) is 4.36. The number of amides is 3. The lowest BCUT2D eigenvalue weighted by molar-refractivity contribution is -0.142. The van der Waals surface area contributed by atoms with Gasteiger partial charge in [-0.3, -0.25) is 24.0 Å². The summed E-state index contributed by atoms with van der Waals surface area (Å²) in [6, 6.07) is 5.18. The van der Waals surface area contributed by atoms with Gasteiger partial charge in [-0.25, -0.2) is 8.78 Å². The van der Waals surface area contributed by atoms with E-state index in [4.69, 9.17) is 5.11 Å². The van der Waals surface area contributed by atoms with Crippen LogP contribution in [0.25, 0.3) is 0 Å². The molecule has 2 aromatic rings. The number of ether oxygens (including phenoxy) is 1. The van der Waals surface area contributed by atoms with Crippen molar-refractivity contribution in [2.75, 3.05) is 25.0 Å². The van der Waals surface area contributed by atoms with E-state index in [-0.39, 0.29) is 31.0 Å². The first kappa shape index (κ1) is 32.0. The zero-order valence-electron chi connectivity index (χ0n) is 22.9. The van der Waals surface area contributed by atoms with Gasteiger partial charge in [-0.1, -0.05) is 39.0 Å². The average Bonchev–Trinajstić information content (AvgIpc) is 3.41. The fourth-order valence-electron chi connectivity index (χ4n) is 4.36. The lowest BCUT2D eigenvalue weighted by Crippen LogP contribution is -2.47. The van der Waals surface area contributed by atoms with Crippen LogP contribution in [0.2, 0.25) is 0 Å². The maximum absolute atomic E-state index is 13.8.